The van der Waals surface area contributed by atoms with Gasteiger partial charge in [-0.1, -0.05) is 0 Å². The van der Waals surface area contributed by atoms with Crippen LogP contribution in [0.25, 0.3) is 0 Å². The summed E-state index contributed by atoms with van der Waals surface area (Å²) in [7, 11) is 0. The predicted octanol–water partition coefficient (Wildman–Crippen LogP) is 2.57. The number of nitrogens with two attached hydrogens (primary N) is 1. The molecule has 8 heteroatoms. The number of hydrogen-bond donors (Lipinski definition) is 2. The Morgan fingerprint density at radius 1 is 1.36 bits per heavy atom. The smallest absolute Gasteiger partial charge is 0.257 e. The molecule has 3 N–H and O–H groups in total. The number of halogens is 4. The third-order valence-electron chi connectivity index (χ3n) is 3.78. The van der Waals surface area contributed by atoms with Crippen molar-refractivity contribution in [3.63, 3.8) is 0 Å². The maximum Gasteiger partial charge on any atom is 0.257 e. The summed E-state index contributed by atoms with van der Waals surface area (Å²) in [6.45, 7) is 2.10. The molecule has 2 unspecified atom stereocenters. The minimum absolute atomic E-state index is 0. The number of phenols is 1. The molecule has 1 heterocycles. The van der Waals surface area contributed by atoms with Crippen molar-refractivity contribution < 1.29 is 23.1 Å². The molecule has 1 fully saturated rings. The van der Waals surface area contributed by atoms with E-state index in [4.69, 9.17) is 5.73 Å². The summed E-state index contributed by atoms with van der Waals surface area (Å²) in [6, 6.07) is -0.142. The highest BCUT2D eigenvalue weighted by atomic mass is 35.5. The van der Waals surface area contributed by atoms with Gasteiger partial charge in [-0.2, -0.15) is 4.39 Å². The Labute approximate surface area is 132 Å². The fourth-order valence-electron chi connectivity index (χ4n) is 2.66. The van der Waals surface area contributed by atoms with Crippen LogP contribution in [0.1, 0.15) is 36.5 Å². The van der Waals surface area contributed by atoms with Gasteiger partial charge in [-0.05, 0) is 32.3 Å². The maximum absolute atomic E-state index is 13.8. The van der Waals surface area contributed by atoms with E-state index in [1.807, 2.05) is 0 Å². The van der Waals surface area contributed by atoms with Gasteiger partial charge in [0.15, 0.2) is 17.4 Å². The predicted molar refractivity (Wildman–Crippen MR) is 77.6 cm³/mol. The average molecular weight is 339 g/mol. The second-order valence-electron chi connectivity index (χ2n) is 5.30. The molecule has 2 atom stereocenters. The largest absolute Gasteiger partial charge is 0.503 e. The van der Waals surface area contributed by atoms with Crippen molar-refractivity contribution in [1.29, 1.82) is 0 Å². The first-order chi connectivity index (χ1) is 9.84. The van der Waals surface area contributed by atoms with Crippen molar-refractivity contribution in [2.24, 2.45) is 5.73 Å². The van der Waals surface area contributed by atoms with Gasteiger partial charge in [0.2, 0.25) is 5.82 Å². The molecule has 1 amide bonds. The molecular formula is C14H18ClF3N2O2. The average Bonchev–Trinajstić information content (AvgIpc) is 2.48. The van der Waals surface area contributed by atoms with Crippen LogP contribution in [-0.4, -0.2) is 34.5 Å². The topological polar surface area (TPSA) is 66.6 Å². The summed E-state index contributed by atoms with van der Waals surface area (Å²) in [6.07, 6.45) is 2.29. The minimum atomic E-state index is -1.70. The Kier molecular flexibility index (Phi) is 6.08. The molecule has 1 aliphatic heterocycles. The van der Waals surface area contributed by atoms with E-state index in [-0.39, 0.29) is 24.5 Å². The lowest BCUT2D eigenvalue weighted by Crippen LogP contribution is -2.51. The standard InChI is InChI=1S/C14H17F3N2O2.ClH/c1-7(18)10-4-2-3-5-19(10)14(21)8-6-9(15)12(17)13(20)11(8)16;/h6-7,10,20H,2-5,18H2,1H3;1H. The molecule has 1 aromatic carbocycles. The van der Waals surface area contributed by atoms with Crippen molar-refractivity contribution in [2.75, 3.05) is 6.54 Å². The van der Waals surface area contributed by atoms with E-state index in [9.17, 15) is 23.1 Å². The van der Waals surface area contributed by atoms with Crippen molar-refractivity contribution in [2.45, 2.75) is 38.3 Å². The first kappa shape index (κ1) is 18.6. The van der Waals surface area contributed by atoms with Crippen LogP contribution in [0.4, 0.5) is 13.2 Å². The van der Waals surface area contributed by atoms with Gasteiger partial charge < -0.3 is 15.7 Å². The molecule has 0 aromatic heterocycles. The second kappa shape index (κ2) is 7.19. The van der Waals surface area contributed by atoms with Crippen LogP contribution in [-0.2, 0) is 0 Å². The first-order valence-corrected chi connectivity index (χ1v) is 6.77. The third kappa shape index (κ3) is 3.30. The van der Waals surface area contributed by atoms with Crippen LogP contribution in [0.3, 0.4) is 0 Å². The SMILES string of the molecule is CC(N)C1CCCCN1C(=O)c1cc(F)c(F)c(O)c1F.Cl. The van der Waals surface area contributed by atoms with Crippen LogP contribution in [0, 0.1) is 17.5 Å². The fourth-order valence-corrected chi connectivity index (χ4v) is 2.66. The van der Waals surface area contributed by atoms with Crippen LogP contribution in [0.15, 0.2) is 6.07 Å². The van der Waals surface area contributed by atoms with Gasteiger partial charge >= 0.3 is 0 Å². The summed E-state index contributed by atoms with van der Waals surface area (Å²) in [5.74, 6) is -6.89. The Morgan fingerprint density at radius 3 is 2.59 bits per heavy atom. The van der Waals surface area contributed by atoms with E-state index in [0.717, 1.165) is 12.8 Å². The highest BCUT2D eigenvalue weighted by molar-refractivity contribution is 5.95. The van der Waals surface area contributed by atoms with Crippen molar-refractivity contribution in [3.8, 4) is 5.75 Å². The van der Waals surface area contributed by atoms with E-state index in [2.05, 4.69) is 0 Å². The normalized spacial score (nSPS) is 19.5. The number of nitrogens with zero attached hydrogens (tertiary/aromatic N) is 1. The Bertz CT molecular complexity index is 570. The highest BCUT2D eigenvalue weighted by Crippen LogP contribution is 2.29. The number of piperidine rings is 1. The van der Waals surface area contributed by atoms with Crippen molar-refractivity contribution in [1.82, 2.24) is 4.90 Å². The lowest BCUT2D eigenvalue weighted by atomic mass is 9.96. The summed E-state index contributed by atoms with van der Waals surface area (Å²) < 4.78 is 40.2. The number of benzene rings is 1. The fraction of sp³-hybridized carbons (Fsp3) is 0.500. The van der Waals surface area contributed by atoms with E-state index >= 15 is 0 Å². The molecule has 4 nitrogen and oxygen atoms in total. The zero-order chi connectivity index (χ0) is 15.7. The zero-order valence-corrected chi connectivity index (χ0v) is 12.8. The molecule has 1 aromatic rings. The van der Waals surface area contributed by atoms with E-state index < -0.39 is 34.7 Å². The minimum Gasteiger partial charge on any atom is -0.503 e. The van der Waals surface area contributed by atoms with Gasteiger partial charge in [0.1, 0.15) is 0 Å². The number of hydrogen-bond acceptors (Lipinski definition) is 3. The number of rotatable bonds is 2. The molecule has 124 valence electrons. The molecule has 0 saturated carbocycles. The zero-order valence-electron chi connectivity index (χ0n) is 12.0. The van der Waals surface area contributed by atoms with Gasteiger partial charge in [0.25, 0.3) is 5.91 Å². The van der Waals surface area contributed by atoms with Gasteiger partial charge in [0, 0.05) is 18.6 Å². The molecule has 0 bridgehead atoms. The van der Waals surface area contributed by atoms with Crippen LogP contribution < -0.4 is 5.73 Å². The number of aromatic hydroxyl groups is 1. The summed E-state index contributed by atoms with van der Waals surface area (Å²) >= 11 is 0. The lowest BCUT2D eigenvalue weighted by Gasteiger charge is -2.38. The number of amides is 1. The third-order valence-corrected chi connectivity index (χ3v) is 3.78. The summed E-state index contributed by atoms with van der Waals surface area (Å²) in [5.41, 5.74) is 5.14. The first-order valence-electron chi connectivity index (χ1n) is 6.77. The van der Waals surface area contributed by atoms with Crippen LogP contribution >= 0.6 is 12.4 Å². The molecule has 22 heavy (non-hydrogen) atoms. The molecule has 0 aliphatic carbocycles. The van der Waals surface area contributed by atoms with Crippen molar-refractivity contribution >= 4 is 18.3 Å². The van der Waals surface area contributed by atoms with Crippen LogP contribution in [0.2, 0.25) is 0 Å². The Balaban J connectivity index is 0.00000242. The quantitative estimate of drug-likeness (QED) is 0.814. The molecule has 1 aliphatic rings. The van der Waals surface area contributed by atoms with Gasteiger partial charge in [0.05, 0.1) is 5.56 Å². The Hall–Kier alpha value is -1.47. The maximum atomic E-state index is 13.8. The summed E-state index contributed by atoms with van der Waals surface area (Å²) in [4.78, 5) is 13.7. The Morgan fingerprint density at radius 2 is 2.00 bits per heavy atom. The molecule has 1 saturated heterocycles. The molecule has 0 spiro atoms. The monoisotopic (exact) mass is 338 g/mol. The molecular weight excluding hydrogens is 321 g/mol. The molecule has 0 radical (unpaired) electrons. The summed E-state index contributed by atoms with van der Waals surface area (Å²) in [5, 5.41) is 9.20. The van der Waals surface area contributed by atoms with Crippen molar-refractivity contribution in [3.05, 3.63) is 29.1 Å². The van der Waals surface area contributed by atoms with Crippen LogP contribution in [0.5, 0.6) is 5.75 Å². The van der Waals surface area contributed by atoms with Gasteiger partial charge in [-0.15, -0.1) is 12.4 Å². The number of carbonyl (C=O) groups excluding carboxylic acids is 1. The lowest BCUT2D eigenvalue weighted by molar-refractivity contribution is 0.0577. The molecule has 2 rings (SSSR count). The number of phenolic OH excluding ortho intramolecular Hbond substituents is 1. The second-order valence-corrected chi connectivity index (χ2v) is 5.30. The van der Waals surface area contributed by atoms with E-state index in [0.29, 0.717) is 19.0 Å². The highest BCUT2D eigenvalue weighted by Gasteiger charge is 2.33. The van der Waals surface area contributed by atoms with E-state index in [1.54, 1.807) is 6.92 Å². The van der Waals surface area contributed by atoms with Gasteiger partial charge in [-0.3, -0.25) is 4.79 Å². The van der Waals surface area contributed by atoms with Gasteiger partial charge in [-0.25, -0.2) is 8.78 Å². The van der Waals surface area contributed by atoms with E-state index in [1.165, 1.54) is 4.90 Å². The number of likely N-dealkylation sites (tertiary alicyclic amines) is 1. The number of carbonyl (C=O) groups is 1.